The van der Waals surface area contributed by atoms with Crippen molar-refractivity contribution in [2.75, 3.05) is 0 Å². The number of hydrogen-bond acceptors (Lipinski definition) is 5. The molecule has 0 aliphatic rings. The summed E-state index contributed by atoms with van der Waals surface area (Å²) in [6.45, 7) is 2.60. The second kappa shape index (κ2) is 5.60. The lowest BCUT2D eigenvalue weighted by molar-refractivity contribution is 0.453. The van der Waals surface area contributed by atoms with E-state index in [-0.39, 0.29) is 11.6 Å². The van der Waals surface area contributed by atoms with Gasteiger partial charge in [0.2, 0.25) is 0 Å². The Morgan fingerprint density at radius 3 is 3.20 bits per heavy atom. The van der Waals surface area contributed by atoms with Crippen LogP contribution >= 0.6 is 11.3 Å². The Labute approximate surface area is 119 Å². The monoisotopic (exact) mass is 289 g/mol. The SMILES string of the molecule is CC(Cc1ccco1)NCc1nc2ccsc2c(=O)[nH]1. The van der Waals surface area contributed by atoms with E-state index in [0.29, 0.717) is 17.1 Å². The third-order valence-corrected chi connectivity index (χ3v) is 3.97. The molecule has 0 fully saturated rings. The maximum Gasteiger partial charge on any atom is 0.268 e. The highest BCUT2D eigenvalue weighted by Crippen LogP contribution is 2.13. The lowest BCUT2D eigenvalue weighted by atomic mass is 10.2. The Morgan fingerprint density at radius 1 is 1.50 bits per heavy atom. The molecule has 5 nitrogen and oxygen atoms in total. The van der Waals surface area contributed by atoms with Gasteiger partial charge in [0.25, 0.3) is 5.56 Å². The van der Waals surface area contributed by atoms with E-state index in [9.17, 15) is 4.79 Å². The third kappa shape index (κ3) is 2.81. The van der Waals surface area contributed by atoms with Gasteiger partial charge in [0.15, 0.2) is 0 Å². The molecule has 2 N–H and O–H groups in total. The predicted octanol–water partition coefficient (Wildman–Crippen LogP) is 2.30. The Hall–Kier alpha value is -1.92. The number of aromatic nitrogens is 2. The summed E-state index contributed by atoms with van der Waals surface area (Å²) in [5.74, 6) is 1.60. The molecule has 1 unspecified atom stereocenters. The lowest BCUT2D eigenvalue weighted by Crippen LogP contribution is -2.29. The van der Waals surface area contributed by atoms with Crippen molar-refractivity contribution in [3.8, 4) is 0 Å². The van der Waals surface area contributed by atoms with Gasteiger partial charge in [-0.25, -0.2) is 4.98 Å². The molecule has 20 heavy (non-hydrogen) atoms. The summed E-state index contributed by atoms with van der Waals surface area (Å²) in [7, 11) is 0. The van der Waals surface area contributed by atoms with Gasteiger partial charge in [0.1, 0.15) is 16.3 Å². The van der Waals surface area contributed by atoms with Crippen molar-refractivity contribution in [2.24, 2.45) is 0 Å². The number of thiophene rings is 1. The molecule has 0 bridgehead atoms. The van der Waals surface area contributed by atoms with Crippen molar-refractivity contribution >= 4 is 21.6 Å². The highest BCUT2D eigenvalue weighted by molar-refractivity contribution is 7.17. The van der Waals surface area contributed by atoms with Crippen LogP contribution in [-0.4, -0.2) is 16.0 Å². The minimum atomic E-state index is -0.0690. The van der Waals surface area contributed by atoms with Crippen molar-refractivity contribution in [1.29, 1.82) is 0 Å². The first-order chi connectivity index (χ1) is 9.72. The van der Waals surface area contributed by atoms with Crippen LogP contribution in [0.2, 0.25) is 0 Å². The van der Waals surface area contributed by atoms with Crippen LogP contribution in [0.1, 0.15) is 18.5 Å². The largest absolute Gasteiger partial charge is 0.469 e. The lowest BCUT2D eigenvalue weighted by Gasteiger charge is -2.11. The van der Waals surface area contributed by atoms with E-state index in [0.717, 1.165) is 17.7 Å². The minimum absolute atomic E-state index is 0.0690. The summed E-state index contributed by atoms with van der Waals surface area (Å²) in [6, 6.07) is 5.94. The van der Waals surface area contributed by atoms with Crippen molar-refractivity contribution in [3.05, 3.63) is 51.8 Å². The highest BCUT2D eigenvalue weighted by Gasteiger charge is 2.08. The van der Waals surface area contributed by atoms with E-state index in [2.05, 4.69) is 22.2 Å². The van der Waals surface area contributed by atoms with Crippen molar-refractivity contribution in [2.45, 2.75) is 25.9 Å². The Balaban J connectivity index is 1.66. The zero-order valence-corrected chi connectivity index (χ0v) is 11.9. The van der Waals surface area contributed by atoms with Crippen LogP contribution in [0.25, 0.3) is 10.2 Å². The quantitative estimate of drug-likeness (QED) is 0.756. The standard InChI is InChI=1S/C14H15N3O2S/c1-9(7-10-3-2-5-19-10)15-8-12-16-11-4-6-20-13(11)14(18)17-12/h2-6,9,15H,7-8H2,1H3,(H,16,17,18). The van der Waals surface area contributed by atoms with Crippen LogP contribution in [0, 0.1) is 0 Å². The molecule has 6 heteroatoms. The fourth-order valence-electron chi connectivity index (χ4n) is 2.08. The average molecular weight is 289 g/mol. The Kier molecular flexibility index (Phi) is 3.66. The maximum atomic E-state index is 11.8. The molecular formula is C14H15N3O2S. The van der Waals surface area contributed by atoms with E-state index in [4.69, 9.17) is 4.42 Å². The molecular weight excluding hydrogens is 274 g/mol. The highest BCUT2D eigenvalue weighted by atomic mass is 32.1. The molecule has 0 radical (unpaired) electrons. The number of H-pyrrole nitrogens is 1. The first-order valence-corrected chi connectivity index (χ1v) is 7.32. The van der Waals surface area contributed by atoms with E-state index in [1.54, 1.807) is 6.26 Å². The van der Waals surface area contributed by atoms with Gasteiger partial charge in [-0.1, -0.05) is 0 Å². The third-order valence-electron chi connectivity index (χ3n) is 3.07. The van der Waals surface area contributed by atoms with Gasteiger partial charge in [0, 0.05) is 12.5 Å². The van der Waals surface area contributed by atoms with Gasteiger partial charge >= 0.3 is 0 Å². The van der Waals surface area contributed by atoms with Gasteiger partial charge in [-0.3, -0.25) is 4.79 Å². The molecule has 3 aromatic heterocycles. The fraction of sp³-hybridized carbons (Fsp3) is 0.286. The number of hydrogen-bond donors (Lipinski definition) is 2. The minimum Gasteiger partial charge on any atom is -0.469 e. The molecule has 1 atom stereocenters. The molecule has 0 saturated heterocycles. The van der Waals surface area contributed by atoms with Crippen LogP contribution in [-0.2, 0) is 13.0 Å². The van der Waals surface area contributed by atoms with Gasteiger partial charge < -0.3 is 14.7 Å². The first kappa shape index (κ1) is 13.1. The Bertz CT molecular complexity index is 745. The number of fused-ring (bicyclic) bond motifs is 1. The van der Waals surface area contributed by atoms with Crippen molar-refractivity contribution < 1.29 is 4.42 Å². The molecule has 3 heterocycles. The van der Waals surface area contributed by atoms with Crippen LogP contribution in [0.15, 0.2) is 39.1 Å². The van der Waals surface area contributed by atoms with E-state index >= 15 is 0 Å². The van der Waals surface area contributed by atoms with Gasteiger partial charge in [0.05, 0.1) is 18.3 Å². The molecule has 104 valence electrons. The smallest absolute Gasteiger partial charge is 0.268 e. The molecule has 0 aliphatic carbocycles. The normalized spacial score (nSPS) is 12.8. The van der Waals surface area contributed by atoms with Gasteiger partial charge in [-0.2, -0.15) is 0 Å². The second-order valence-electron chi connectivity index (χ2n) is 4.71. The summed E-state index contributed by atoms with van der Waals surface area (Å²) in [6.07, 6.45) is 2.48. The zero-order valence-electron chi connectivity index (χ0n) is 11.1. The topological polar surface area (TPSA) is 70.9 Å². The summed E-state index contributed by atoms with van der Waals surface area (Å²) in [5, 5.41) is 5.21. The van der Waals surface area contributed by atoms with Crippen molar-refractivity contribution in [3.63, 3.8) is 0 Å². The zero-order chi connectivity index (χ0) is 13.9. The Morgan fingerprint density at radius 2 is 2.40 bits per heavy atom. The molecule has 0 aromatic carbocycles. The van der Waals surface area contributed by atoms with E-state index in [1.165, 1.54) is 11.3 Å². The summed E-state index contributed by atoms with van der Waals surface area (Å²) < 4.78 is 5.99. The number of furan rings is 1. The summed E-state index contributed by atoms with van der Waals surface area (Å²) in [5.41, 5.74) is 0.690. The van der Waals surface area contributed by atoms with E-state index < -0.39 is 0 Å². The first-order valence-electron chi connectivity index (χ1n) is 6.44. The van der Waals surface area contributed by atoms with Gasteiger partial charge in [-0.15, -0.1) is 11.3 Å². The fourth-order valence-corrected chi connectivity index (χ4v) is 2.80. The second-order valence-corrected chi connectivity index (χ2v) is 5.63. The molecule has 0 saturated carbocycles. The number of nitrogens with one attached hydrogen (secondary N) is 2. The molecule has 0 spiro atoms. The summed E-state index contributed by atoms with van der Waals surface area (Å²) >= 11 is 1.41. The average Bonchev–Trinajstić information content (AvgIpc) is 3.07. The predicted molar refractivity (Wildman–Crippen MR) is 79.0 cm³/mol. The molecule has 0 amide bonds. The van der Waals surface area contributed by atoms with Crippen LogP contribution in [0.5, 0.6) is 0 Å². The number of nitrogens with zero attached hydrogens (tertiary/aromatic N) is 1. The molecule has 3 aromatic rings. The number of rotatable bonds is 5. The summed E-state index contributed by atoms with van der Waals surface area (Å²) in [4.78, 5) is 19.1. The van der Waals surface area contributed by atoms with Gasteiger partial charge in [-0.05, 0) is 30.5 Å². The van der Waals surface area contributed by atoms with E-state index in [1.807, 2.05) is 23.6 Å². The van der Waals surface area contributed by atoms with Crippen LogP contribution < -0.4 is 10.9 Å². The van der Waals surface area contributed by atoms with Crippen LogP contribution in [0.3, 0.4) is 0 Å². The molecule has 0 aliphatic heterocycles. The number of aromatic amines is 1. The van der Waals surface area contributed by atoms with Crippen molar-refractivity contribution in [1.82, 2.24) is 15.3 Å². The van der Waals surface area contributed by atoms with Crippen LogP contribution in [0.4, 0.5) is 0 Å². The molecule has 3 rings (SSSR count). The maximum absolute atomic E-state index is 11.8.